The van der Waals surface area contributed by atoms with Gasteiger partial charge in [0.05, 0.1) is 0 Å². The van der Waals surface area contributed by atoms with E-state index in [9.17, 15) is 4.79 Å². The Bertz CT molecular complexity index is 289. The third-order valence-corrected chi connectivity index (χ3v) is 4.79. The molecule has 0 bridgehead atoms. The van der Waals surface area contributed by atoms with E-state index in [0.717, 1.165) is 64.3 Å². The van der Waals surface area contributed by atoms with Gasteiger partial charge in [0.1, 0.15) is 0 Å². The van der Waals surface area contributed by atoms with Gasteiger partial charge >= 0.3 is 6.03 Å². The molecule has 2 saturated heterocycles. The summed E-state index contributed by atoms with van der Waals surface area (Å²) in [6, 6.07) is 0.251. The highest BCUT2D eigenvalue weighted by atomic mass is 16.2. The molecule has 18 heavy (non-hydrogen) atoms. The molecule has 0 radical (unpaired) electrons. The molecule has 0 unspecified atom stereocenters. The summed E-state index contributed by atoms with van der Waals surface area (Å²) >= 11 is 0. The van der Waals surface area contributed by atoms with Gasteiger partial charge in [0.2, 0.25) is 0 Å². The van der Waals surface area contributed by atoms with Gasteiger partial charge in [-0.25, -0.2) is 4.79 Å². The van der Waals surface area contributed by atoms with Crippen LogP contribution in [0.15, 0.2) is 0 Å². The third kappa shape index (κ3) is 2.97. The van der Waals surface area contributed by atoms with Crippen molar-refractivity contribution in [1.82, 2.24) is 9.80 Å². The van der Waals surface area contributed by atoms with Crippen molar-refractivity contribution in [2.24, 2.45) is 17.1 Å². The summed E-state index contributed by atoms with van der Waals surface area (Å²) in [6.45, 7) is 8.86. The van der Waals surface area contributed by atoms with E-state index in [2.05, 4.69) is 13.8 Å². The van der Waals surface area contributed by atoms with Gasteiger partial charge in [-0.15, -0.1) is 0 Å². The molecule has 0 aromatic carbocycles. The van der Waals surface area contributed by atoms with Crippen LogP contribution in [0.3, 0.4) is 0 Å². The van der Waals surface area contributed by atoms with Gasteiger partial charge < -0.3 is 15.5 Å². The molecular weight excluding hydrogens is 226 g/mol. The molecule has 0 aromatic heterocycles. The lowest BCUT2D eigenvalue weighted by molar-refractivity contribution is 0.0981. The molecule has 2 N–H and O–H groups in total. The highest BCUT2D eigenvalue weighted by molar-refractivity contribution is 5.74. The van der Waals surface area contributed by atoms with Crippen molar-refractivity contribution in [3.8, 4) is 0 Å². The zero-order valence-electron chi connectivity index (χ0n) is 11.8. The zero-order chi connectivity index (χ0) is 13.2. The maximum atomic E-state index is 12.4. The van der Waals surface area contributed by atoms with E-state index in [-0.39, 0.29) is 11.4 Å². The number of likely N-dealkylation sites (tertiary alicyclic amines) is 2. The first-order chi connectivity index (χ1) is 8.54. The fraction of sp³-hybridized carbons (Fsp3) is 0.929. The molecule has 0 aliphatic carbocycles. The Balaban J connectivity index is 1.84. The van der Waals surface area contributed by atoms with E-state index in [1.54, 1.807) is 0 Å². The average molecular weight is 253 g/mol. The molecule has 2 aliphatic heterocycles. The van der Waals surface area contributed by atoms with Crippen molar-refractivity contribution in [2.75, 3.05) is 32.7 Å². The van der Waals surface area contributed by atoms with Crippen LogP contribution in [0, 0.1) is 11.3 Å². The number of urea groups is 1. The van der Waals surface area contributed by atoms with Gasteiger partial charge in [0.25, 0.3) is 0 Å². The molecule has 0 saturated carbocycles. The number of nitrogens with two attached hydrogens (primary N) is 1. The van der Waals surface area contributed by atoms with Gasteiger partial charge in [0.15, 0.2) is 0 Å². The maximum absolute atomic E-state index is 12.4. The van der Waals surface area contributed by atoms with Crippen molar-refractivity contribution in [1.29, 1.82) is 0 Å². The molecule has 2 aliphatic rings. The Hall–Kier alpha value is -0.770. The Morgan fingerprint density at radius 2 is 1.67 bits per heavy atom. The number of nitrogens with zero attached hydrogens (tertiary/aromatic N) is 2. The van der Waals surface area contributed by atoms with Crippen LogP contribution in [-0.4, -0.2) is 48.6 Å². The van der Waals surface area contributed by atoms with Crippen molar-refractivity contribution in [3.63, 3.8) is 0 Å². The SMILES string of the molecule is CC1CCN(C(=O)N2CCC(C)(CN)CC2)CC1. The molecule has 4 nitrogen and oxygen atoms in total. The molecule has 2 heterocycles. The Labute approximate surface area is 110 Å². The van der Waals surface area contributed by atoms with Crippen LogP contribution in [0.5, 0.6) is 0 Å². The molecule has 104 valence electrons. The van der Waals surface area contributed by atoms with Gasteiger partial charge in [-0.1, -0.05) is 13.8 Å². The number of carbonyl (C=O) groups excluding carboxylic acids is 1. The smallest absolute Gasteiger partial charge is 0.319 e. The molecular formula is C14H27N3O. The van der Waals surface area contributed by atoms with E-state index in [4.69, 9.17) is 5.73 Å². The van der Waals surface area contributed by atoms with Crippen LogP contribution in [-0.2, 0) is 0 Å². The summed E-state index contributed by atoms with van der Waals surface area (Å²) in [4.78, 5) is 16.4. The monoisotopic (exact) mass is 253 g/mol. The number of hydrogen-bond donors (Lipinski definition) is 1. The zero-order valence-corrected chi connectivity index (χ0v) is 11.8. The average Bonchev–Trinajstić information content (AvgIpc) is 2.40. The summed E-state index contributed by atoms with van der Waals surface area (Å²) in [5, 5.41) is 0. The number of piperidine rings is 2. The molecule has 0 aromatic rings. The molecule has 2 rings (SSSR count). The molecule has 2 amide bonds. The van der Waals surface area contributed by atoms with Crippen LogP contribution >= 0.6 is 0 Å². The second kappa shape index (κ2) is 5.47. The topological polar surface area (TPSA) is 49.6 Å². The first-order valence-corrected chi connectivity index (χ1v) is 7.28. The second-order valence-corrected chi connectivity index (χ2v) is 6.45. The lowest BCUT2D eigenvalue weighted by Crippen LogP contribution is -2.51. The molecule has 4 heteroatoms. The fourth-order valence-electron chi connectivity index (χ4n) is 2.84. The minimum Gasteiger partial charge on any atom is -0.330 e. The first-order valence-electron chi connectivity index (χ1n) is 7.28. The lowest BCUT2D eigenvalue weighted by Gasteiger charge is -2.41. The molecule has 0 spiro atoms. The van der Waals surface area contributed by atoms with Crippen LogP contribution < -0.4 is 5.73 Å². The Morgan fingerprint density at radius 3 is 2.17 bits per heavy atom. The Morgan fingerprint density at radius 1 is 1.17 bits per heavy atom. The van der Waals surface area contributed by atoms with Crippen LogP contribution in [0.2, 0.25) is 0 Å². The van der Waals surface area contributed by atoms with Crippen LogP contribution in [0.1, 0.15) is 39.5 Å². The number of carbonyl (C=O) groups is 1. The highest BCUT2D eigenvalue weighted by Crippen LogP contribution is 2.30. The predicted octanol–water partition coefficient (Wildman–Crippen LogP) is 1.90. The third-order valence-electron chi connectivity index (χ3n) is 4.79. The van der Waals surface area contributed by atoms with Gasteiger partial charge in [-0.3, -0.25) is 0 Å². The minimum atomic E-state index is 0.243. The summed E-state index contributed by atoms with van der Waals surface area (Å²) in [6.07, 6.45) is 4.39. The fourth-order valence-corrected chi connectivity index (χ4v) is 2.84. The number of rotatable bonds is 1. The lowest BCUT2D eigenvalue weighted by atomic mass is 9.80. The highest BCUT2D eigenvalue weighted by Gasteiger charge is 2.32. The quantitative estimate of drug-likeness (QED) is 0.776. The largest absolute Gasteiger partial charge is 0.330 e. The van der Waals surface area contributed by atoms with Crippen molar-refractivity contribution in [2.45, 2.75) is 39.5 Å². The first kappa shape index (κ1) is 13.7. The second-order valence-electron chi connectivity index (χ2n) is 6.45. The van der Waals surface area contributed by atoms with E-state index in [1.807, 2.05) is 9.80 Å². The number of amides is 2. The summed E-state index contributed by atoms with van der Waals surface area (Å²) < 4.78 is 0. The van der Waals surface area contributed by atoms with E-state index in [1.165, 1.54) is 0 Å². The van der Waals surface area contributed by atoms with Crippen molar-refractivity contribution in [3.05, 3.63) is 0 Å². The van der Waals surface area contributed by atoms with E-state index < -0.39 is 0 Å². The van der Waals surface area contributed by atoms with Crippen molar-refractivity contribution < 1.29 is 4.79 Å². The molecule has 0 atom stereocenters. The summed E-state index contributed by atoms with van der Waals surface area (Å²) in [7, 11) is 0. The summed E-state index contributed by atoms with van der Waals surface area (Å²) in [5.41, 5.74) is 6.05. The van der Waals surface area contributed by atoms with Crippen LogP contribution in [0.4, 0.5) is 4.79 Å². The normalized spacial score (nSPS) is 25.3. The predicted molar refractivity (Wildman–Crippen MR) is 73.3 cm³/mol. The van der Waals surface area contributed by atoms with Crippen LogP contribution in [0.25, 0.3) is 0 Å². The van der Waals surface area contributed by atoms with E-state index >= 15 is 0 Å². The molecule has 2 fully saturated rings. The van der Waals surface area contributed by atoms with Gasteiger partial charge in [-0.2, -0.15) is 0 Å². The van der Waals surface area contributed by atoms with Gasteiger partial charge in [-0.05, 0) is 43.6 Å². The maximum Gasteiger partial charge on any atom is 0.319 e. The van der Waals surface area contributed by atoms with E-state index in [0.29, 0.717) is 0 Å². The standard InChI is InChI=1S/C14H27N3O/c1-12-3-7-16(8-4-12)13(18)17-9-5-14(2,11-15)6-10-17/h12H,3-11,15H2,1-2H3. The summed E-state index contributed by atoms with van der Waals surface area (Å²) in [5.74, 6) is 0.774. The van der Waals surface area contributed by atoms with Gasteiger partial charge in [0, 0.05) is 26.2 Å². The van der Waals surface area contributed by atoms with Crippen molar-refractivity contribution >= 4 is 6.03 Å². The Kier molecular flexibility index (Phi) is 4.15. The minimum absolute atomic E-state index is 0.243. The number of hydrogen-bond acceptors (Lipinski definition) is 2.